The van der Waals surface area contributed by atoms with Gasteiger partial charge in [0.2, 0.25) is 0 Å². The zero-order valence-electron chi connectivity index (χ0n) is 11.7. The zero-order valence-corrected chi connectivity index (χ0v) is 11.7. The highest BCUT2D eigenvalue weighted by Gasteiger charge is 2.19. The molecule has 102 valence electrons. The summed E-state index contributed by atoms with van der Waals surface area (Å²) >= 11 is 0. The highest BCUT2D eigenvalue weighted by atomic mass is 16.5. The molecule has 0 bridgehead atoms. The minimum Gasteiger partial charge on any atom is -0.370 e. The predicted octanol–water partition coefficient (Wildman–Crippen LogP) is 1.67. The van der Waals surface area contributed by atoms with Crippen LogP contribution in [0.1, 0.15) is 16.7 Å². The maximum atomic E-state index is 5.43. The first-order valence-electron chi connectivity index (χ1n) is 7.51. The monoisotopic (exact) mass is 266 g/mol. The average Bonchev–Trinajstić information content (AvgIpc) is 2.86. The van der Waals surface area contributed by atoms with Crippen molar-refractivity contribution in [3.05, 3.63) is 59.2 Å². The summed E-state index contributed by atoms with van der Waals surface area (Å²) in [5, 5.41) is 0. The first-order valence-corrected chi connectivity index (χ1v) is 7.51. The van der Waals surface area contributed by atoms with Crippen LogP contribution in [-0.4, -0.2) is 26.3 Å². The Morgan fingerprint density at radius 1 is 0.900 bits per heavy atom. The smallest absolute Gasteiger partial charge is 0.103 e. The number of ether oxygens (including phenoxy) is 1. The van der Waals surface area contributed by atoms with Crippen molar-refractivity contribution < 1.29 is 9.64 Å². The molecule has 1 aliphatic carbocycles. The van der Waals surface area contributed by atoms with Crippen molar-refractivity contribution in [2.24, 2.45) is 0 Å². The van der Waals surface area contributed by atoms with E-state index in [2.05, 4.69) is 42.5 Å². The van der Waals surface area contributed by atoms with E-state index in [-0.39, 0.29) is 0 Å². The van der Waals surface area contributed by atoms with Gasteiger partial charge in [0.05, 0.1) is 13.2 Å². The molecule has 0 amide bonds. The van der Waals surface area contributed by atoms with Crippen LogP contribution >= 0.6 is 0 Å². The second kappa shape index (κ2) is 5.04. The van der Waals surface area contributed by atoms with E-state index in [4.69, 9.17) is 4.74 Å². The summed E-state index contributed by atoms with van der Waals surface area (Å²) in [6, 6.07) is 15.8. The van der Waals surface area contributed by atoms with Gasteiger partial charge in [-0.15, -0.1) is 0 Å². The summed E-state index contributed by atoms with van der Waals surface area (Å²) in [5.74, 6) is 0. The van der Waals surface area contributed by atoms with Crippen LogP contribution in [0.5, 0.6) is 0 Å². The largest absolute Gasteiger partial charge is 0.370 e. The van der Waals surface area contributed by atoms with E-state index in [0.717, 1.165) is 39.3 Å². The molecule has 1 aliphatic heterocycles. The first-order chi connectivity index (χ1) is 9.90. The molecule has 2 aromatic carbocycles. The lowest BCUT2D eigenvalue weighted by Gasteiger charge is -2.23. The van der Waals surface area contributed by atoms with Gasteiger partial charge in [0.25, 0.3) is 0 Å². The van der Waals surface area contributed by atoms with E-state index in [1.165, 1.54) is 27.8 Å². The topological polar surface area (TPSA) is 13.7 Å². The van der Waals surface area contributed by atoms with Gasteiger partial charge in [0, 0.05) is 5.56 Å². The van der Waals surface area contributed by atoms with Crippen molar-refractivity contribution in [1.29, 1.82) is 0 Å². The molecule has 1 saturated heterocycles. The molecular formula is C18H20NO+. The summed E-state index contributed by atoms with van der Waals surface area (Å²) in [6.45, 7) is 5.22. The van der Waals surface area contributed by atoms with Crippen LogP contribution in [0.3, 0.4) is 0 Å². The normalized spacial score (nSPS) is 17.8. The number of morpholine rings is 1. The van der Waals surface area contributed by atoms with Gasteiger partial charge >= 0.3 is 0 Å². The van der Waals surface area contributed by atoms with Crippen LogP contribution in [0, 0.1) is 0 Å². The molecule has 0 radical (unpaired) electrons. The lowest BCUT2D eigenvalue weighted by atomic mass is 10.0. The molecule has 1 fully saturated rings. The Labute approximate surface area is 120 Å². The Hall–Kier alpha value is -1.64. The number of benzene rings is 2. The predicted molar refractivity (Wildman–Crippen MR) is 79.9 cm³/mol. The number of hydrogen-bond donors (Lipinski definition) is 1. The molecule has 4 rings (SSSR count). The van der Waals surface area contributed by atoms with Crippen LogP contribution < -0.4 is 4.90 Å². The minimum absolute atomic E-state index is 0.908. The highest BCUT2D eigenvalue weighted by Crippen LogP contribution is 2.36. The van der Waals surface area contributed by atoms with Crippen LogP contribution in [0.15, 0.2) is 42.5 Å². The van der Waals surface area contributed by atoms with Gasteiger partial charge in [-0.25, -0.2) is 0 Å². The van der Waals surface area contributed by atoms with E-state index in [9.17, 15) is 0 Å². The number of fused-ring (bicyclic) bond motifs is 3. The van der Waals surface area contributed by atoms with Crippen molar-refractivity contribution >= 4 is 0 Å². The van der Waals surface area contributed by atoms with Crippen LogP contribution in [0.25, 0.3) is 11.1 Å². The third kappa shape index (κ3) is 2.15. The molecule has 2 heteroatoms. The Balaban J connectivity index is 1.58. The van der Waals surface area contributed by atoms with E-state index >= 15 is 0 Å². The summed E-state index contributed by atoms with van der Waals surface area (Å²) in [7, 11) is 0. The van der Waals surface area contributed by atoms with E-state index in [0.29, 0.717) is 0 Å². The van der Waals surface area contributed by atoms with Crippen LogP contribution in [0.4, 0.5) is 0 Å². The molecule has 20 heavy (non-hydrogen) atoms. The Morgan fingerprint density at radius 3 is 2.60 bits per heavy atom. The molecule has 0 unspecified atom stereocenters. The molecule has 1 N–H and O–H groups in total. The van der Waals surface area contributed by atoms with Gasteiger partial charge in [-0.05, 0) is 34.7 Å². The number of nitrogens with one attached hydrogen (secondary N) is 1. The minimum atomic E-state index is 0.908. The Morgan fingerprint density at radius 2 is 1.70 bits per heavy atom. The molecule has 0 aromatic heterocycles. The lowest BCUT2D eigenvalue weighted by molar-refractivity contribution is -0.921. The molecule has 2 aromatic rings. The van der Waals surface area contributed by atoms with Crippen molar-refractivity contribution in [1.82, 2.24) is 0 Å². The van der Waals surface area contributed by atoms with E-state index < -0.39 is 0 Å². The Bertz CT molecular complexity index is 629. The molecule has 2 nitrogen and oxygen atoms in total. The number of quaternary nitrogens is 1. The maximum Gasteiger partial charge on any atom is 0.103 e. The summed E-state index contributed by atoms with van der Waals surface area (Å²) in [5.41, 5.74) is 7.29. The van der Waals surface area contributed by atoms with Crippen LogP contribution in [0.2, 0.25) is 0 Å². The second-order valence-electron chi connectivity index (χ2n) is 5.86. The lowest BCUT2D eigenvalue weighted by Crippen LogP contribution is -3.12. The third-order valence-corrected chi connectivity index (χ3v) is 4.51. The molecule has 0 saturated carbocycles. The van der Waals surface area contributed by atoms with Gasteiger partial charge in [-0.2, -0.15) is 0 Å². The summed E-state index contributed by atoms with van der Waals surface area (Å²) < 4.78 is 5.43. The van der Waals surface area contributed by atoms with E-state index in [1.807, 2.05) is 0 Å². The summed E-state index contributed by atoms with van der Waals surface area (Å²) in [4.78, 5) is 1.65. The van der Waals surface area contributed by atoms with Crippen LogP contribution in [-0.2, 0) is 17.7 Å². The fourth-order valence-electron chi connectivity index (χ4n) is 3.43. The van der Waals surface area contributed by atoms with Gasteiger partial charge < -0.3 is 9.64 Å². The fraction of sp³-hybridized carbons (Fsp3) is 0.333. The van der Waals surface area contributed by atoms with Gasteiger partial charge in [-0.3, -0.25) is 0 Å². The second-order valence-corrected chi connectivity index (χ2v) is 5.86. The Kier molecular flexibility index (Phi) is 3.06. The first kappa shape index (κ1) is 12.1. The van der Waals surface area contributed by atoms with Crippen molar-refractivity contribution in [2.45, 2.75) is 13.0 Å². The van der Waals surface area contributed by atoms with Crippen molar-refractivity contribution in [2.75, 3.05) is 26.3 Å². The van der Waals surface area contributed by atoms with Gasteiger partial charge in [0.1, 0.15) is 19.6 Å². The highest BCUT2D eigenvalue weighted by molar-refractivity contribution is 5.76. The zero-order chi connectivity index (χ0) is 13.4. The molecule has 0 spiro atoms. The fourth-order valence-corrected chi connectivity index (χ4v) is 3.43. The molecule has 1 heterocycles. The SMILES string of the molecule is c1ccc2c(c1)Cc1cc(C[NH+]3CCOCC3)ccc1-2. The molecular weight excluding hydrogens is 246 g/mol. The summed E-state index contributed by atoms with van der Waals surface area (Å²) in [6.07, 6.45) is 1.10. The maximum absolute atomic E-state index is 5.43. The van der Waals surface area contributed by atoms with Crippen molar-refractivity contribution in [3.63, 3.8) is 0 Å². The van der Waals surface area contributed by atoms with Crippen molar-refractivity contribution in [3.8, 4) is 11.1 Å². The third-order valence-electron chi connectivity index (χ3n) is 4.51. The van der Waals surface area contributed by atoms with Gasteiger partial charge in [0.15, 0.2) is 0 Å². The number of rotatable bonds is 2. The number of hydrogen-bond acceptors (Lipinski definition) is 1. The molecule has 0 atom stereocenters. The van der Waals surface area contributed by atoms with Gasteiger partial charge in [-0.1, -0.05) is 36.4 Å². The standard InChI is InChI=1S/C18H19NO/c1-2-4-17-15(3-1)12-16-11-14(5-6-18(16)17)13-19-7-9-20-10-8-19/h1-6,11H,7-10,12-13H2/p+1. The molecule has 2 aliphatic rings. The quantitative estimate of drug-likeness (QED) is 0.745. The average molecular weight is 266 g/mol. The van der Waals surface area contributed by atoms with E-state index in [1.54, 1.807) is 4.90 Å².